The topological polar surface area (TPSA) is 61.4 Å². The molecule has 8 heteroatoms. The molecule has 1 aromatic carbocycles. The van der Waals surface area contributed by atoms with E-state index < -0.39 is 0 Å². The van der Waals surface area contributed by atoms with E-state index in [1.165, 1.54) is 25.0 Å². The Morgan fingerprint density at radius 3 is 2.47 bits per heavy atom. The predicted molar refractivity (Wildman–Crippen MR) is 122 cm³/mol. The molecule has 6 nitrogen and oxygen atoms in total. The van der Waals surface area contributed by atoms with Crippen molar-refractivity contribution < 1.29 is 4.39 Å². The minimum atomic E-state index is -0.238. The summed E-state index contributed by atoms with van der Waals surface area (Å²) in [5.41, 5.74) is 6.53. The third kappa shape index (κ3) is 3.93. The molecule has 1 fully saturated rings. The quantitative estimate of drug-likeness (QED) is 0.403. The van der Waals surface area contributed by atoms with Crippen molar-refractivity contribution in [3.8, 4) is 17.1 Å². The van der Waals surface area contributed by atoms with Crippen molar-refractivity contribution in [1.82, 2.24) is 29.5 Å². The molecule has 1 aliphatic rings. The van der Waals surface area contributed by atoms with Crippen LogP contribution >= 0.6 is 11.6 Å². The number of halogens is 2. The molecule has 32 heavy (non-hydrogen) atoms. The van der Waals surface area contributed by atoms with Gasteiger partial charge in [-0.1, -0.05) is 11.6 Å². The maximum absolute atomic E-state index is 13.5. The van der Waals surface area contributed by atoms with Crippen molar-refractivity contribution in [1.29, 1.82) is 0 Å². The number of rotatable bonds is 6. The van der Waals surface area contributed by atoms with Crippen LogP contribution in [-0.2, 0) is 13.0 Å². The minimum Gasteiger partial charge on any atom is -0.264 e. The third-order valence-corrected chi connectivity index (χ3v) is 6.56. The second-order valence-corrected chi connectivity index (χ2v) is 8.87. The Balaban J connectivity index is 1.50. The molecule has 0 spiro atoms. The number of aryl methyl sites for hydroxylation is 1. The Morgan fingerprint density at radius 2 is 1.81 bits per heavy atom. The Kier molecular flexibility index (Phi) is 5.29. The number of hydrogen-bond acceptors (Lipinski definition) is 4. The molecule has 3 aromatic heterocycles. The summed E-state index contributed by atoms with van der Waals surface area (Å²) in [6.07, 6.45) is 4.59. The Labute approximate surface area is 191 Å². The van der Waals surface area contributed by atoms with Crippen molar-refractivity contribution >= 4 is 11.6 Å². The molecule has 0 unspecified atom stereocenters. The van der Waals surface area contributed by atoms with Crippen molar-refractivity contribution in [2.45, 2.75) is 46.6 Å². The van der Waals surface area contributed by atoms with Gasteiger partial charge in [0.05, 0.1) is 33.5 Å². The molecular formula is C24H24ClFN6. The van der Waals surface area contributed by atoms with Crippen molar-refractivity contribution in [3.63, 3.8) is 0 Å². The lowest BCUT2D eigenvalue weighted by atomic mass is 10.0. The van der Waals surface area contributed by atoms with Crippen molar-refractivity contribution in [3.05, 3.63) is 75.8 Å². The molecule has 3 heterocycles. The standard InChI is InChI=1S/C24H24ClFN6/c1-14-21(10-20-11-22(28-13-27-20)32-16(3)23(25)15(2)29-32)30-31(12-17-4-5-17)24(14)18-6-8-19(26)9-7-18/h6-9,11,13,17H,4-5,10,12H2,1-3H3. The first-order valence-corrected chi connectivity index (χ1v) is 11.1. The lowest BCUT2D eigenvalue weighted by molar-refractivity contribution is 0.563. The minimum absolute atomic E-state index is 0.238. The molecule has 0 saturated heterocycles. The fourth-order valence-corrected chi connectivity index (χ4v) is 4.15. The van der Waals surface area contributed by atoms with Gasteiger partial charge in [0.25, 0.3) is 0 Å². The first kappa shape index (κ1) is 20.8. The van der Waals surface area contributed by atoms with E-state index in [2.05, 4.69) is 26.7 Å². The number of benzene rings is 1. The molecule has 0 N–H and O–H groups in total. The van der Waals surface area contributed by atoms with E-state index in [4.69, 9.17) is 16.7 Å². The molecule has 0 aliphatic heterocycles. The summed E-state index contributed by atoms with van der Waals surface area (Å²) in [4.78, 5) is 8.86. The van der Waals surface area contributed by atoms with Crippen LogP contribution < -0.4 is 0 Å². The van der Waals surface area contributed by atoms with Crippen LogP contribution in [-0.4, -0.2) is 29.5 Å². The fraction of sp³-hybridized carbons (Fsp3) is 0.333. The molecule has 0 atom stereocenters. The maximum Gasteiger partial charge on any atom is 0.157 e. The maximum atomic E-state index is 13.5. The second-order valence-electron chi connectivity index (χ2n) is 8.49. The SMILES string of the molecule is Cc1nn(-c2cc(Cc3nn(CC4CC4)c(-c4ccc(F)cc4)c3C)ncn2)c(C)c1Cl. The molecule has 0 radical (unpaired) electrons. The Hall–Kier alpha value is -3.06. The second kappa shape index (κ2) is 8.13. The zero-order valence-electron chi connectivity index (χ0n) is 18.3. The third-order valence-electron chi connectivity index (χ3n) is 6.01. The largest absolute Gasteiger partial charge is 0.264 e. The highest BCUT2D eigenvalue weighted by Gasteiger charge is 2.25. The van der Waals surface area contributed by atoms with Gasteiger partial charge in [0.1, 0.15) is 12.1 Å². The average molecular weight is 451 g/mol. The van der Waals surface area contributed by atoms with Gasteiger partial charge in [-0.05, 0) is 69.4 Å². The van der Waals surface area contributed by atoms with E-state index in [9.17, 15) is 4.39 Å². The summed E-state index contributed by atoms with van der Waals surface area (Å²) in [5.74, 6) is 1.11. The van der Waals surface area contributed by atoms with Gasteiger partial charge in [-0.15, -0.1) is 0 Å². The van der Waals surface area contributed by atoms with Gasteiger partial charge < -0.3 is 0 Å². The van der Waals surface area contributed by atoms with E-state index in [1.807, 2.05) is 32.0 Å². The van der Waals surface area contributed by atoms with Crippen LogP contribution in [0.25, 0.3) is 17.1 Å². The van der Waals surface area contributed by atoms with Gasteiger partial charge in [-0.2, -0.15) is 10.2 Å². The lowest BCUT2D eigenvalue weighted by Crippen LogP contribution is -2.06. The lowest BCUT2D eigenvalue weighted by Gasteiger charge is -2.08. The van der Waals surface area contributed by atoms with Crippen LogP contribution in [0.2, 0.25) is 5.02 Å². The van der Waals surface area contributed by atoms with Crippen LogP contribution in [0, 0.1) is 32.5 Å². The summed E-state index contributed by atoms with van der Waals surface area (Å²) in [6, 6.07) is 8.56. The summed E-state index contributed by atoms with van der Waals surface area (Å²) < 4.78 is 17.3. The normalized spacial score (nSPS) is 13.7. The highest BCUT2D eigenvalue weighted by molar-refractivity contribution is 6.31. The summed E-state index contributed by atoms with van der Waals surface area (Å²) in [5, 5.41) is 10.1. The first-order valence-electron chi connectivity index (χ1n) is 10.8. The average Bonchev–Trinajstić information content (AvgIpc) is 3.50. The zero-order valence-corrected chi connectivity index (χ0v) is 19.1. The van der Waals surface area contributed by atoms with E-state index in [0.29, 0.717) is 23.2 Å². The number of hydrogen-bond donors (Lipinski definition) is 0. The van der Waals surface area contributed by atoms with Crippen LogP contribution in [0.5, 0.6) is 0 Å². The van der Waals surface area contributed by atoms with E-state index in [-0.39, 0.29) is 5.82 Å². The van der Waals surface area contributed by atoms with Crippen LogP contribution in [0.1, 0.15) is 41.2 Å². The highest BCUT2D eigenvalue weighted by Crippen LogP contribution is 2.34. The van der Waals surface area contributed by atoms with Crippen LogP contribution in [0.15, 0.2) is 36.7 Å². The molecule has 0 bridgehead atoms. The van der Waals surface area contributed by atoms with E-state index >= 15 is 0 Å². The van der Waals surface area contributed by atoms with E-state index in [1.54, 1.807) is 11.0 Å². The molecule has 1 aliphatic carbocycles. The van der Waals surface area contributed by atoms with Crippen molar-refractivity contribution in [2.75, 3.05) is 0 Å². The zero-order chi connectivity index (χ0) is 22.4. The van der Waals surface area contributed by atoms with Gasteiger partial charge in [0, 0.05) is 24.6 Å². The first-order chi connectivity index (χ1) is 15.4. The molecule has 164 valence electrons. The van der Waals surface area contributed by atoms with Gasteiger partial charge in [-0.25, -0.2) is 19.0 Å². The summed E-state index contributed by atoms with van der Waals surface area (Å²) >= 11 is 6.31. The van der Waals surface area contributed by atoms with Crippen LogP contribution in [0.3, 0.4) is 0 Å². The summed E-state index contributed by atoms with van der Waals surface area (Å²) in [7, 11) is 0. The van der Waals surface area contributed by atoms with Crippen molar-refractivity contribution in [2.24, 2.45) is 5.92 Å². The van der Waals surface area contributed by atoms with E-state index in [0.717, 1.165) is 46.1 Å². The van der Waals surface area contributed by atoms with Crippen LogP contribution in [0.4, 0.5) is 4.39 Å². The number of nitrogens with zero attached hydrogens (tertiary/aromatic N) is 6. The molecular weight excluding hydrogens is 427 g/mol. The van der Waals surface area contributed by atoms with Gasteiger partial charge in [-0.3, -0.25) is 4.68 Å². The molecule has 1 saturated carbocycles. The van der Waals surface area contributed by atoms with Gasteiger partial charge in [0.15, 0.2) is 5.82 Å². The Bertz CT molecular complexity index is 1290. The fourth-order valence-electron chi connectivity index (χ4n) is 4.04. The summed E-state index contributed by atoms with van der Waals surface area (Å²) in [6.45, 7) is 6.75. The molecule has 4 aromatic rings. The molecule has 0 amide bonds. The Morgan fingerprint density at radius 1 is 1.06 bits per heavy atom. The van der Waals surface area contributed by atoms with Gasteiger partial charge in [0.2, 0.25) is 0 Å². The smallest absolute Gasteiger partial charge is 0.157 e. The highest BCUT2D eigenvalue weighted by atomic mass is 35.5. The number of aromatic nitrogens is 6. The monoisotopic (exact) mass is 450 g/mol. The van der Waals surface area contributed by atoms with Gasteiger partial charge >= 0.3 is 0 Å². The molecule has 5 rings (SSSR count). The predicted octanol–water partition coefficient (Wildman–Crippen LogP) is 5.24.